The van der Waals surface area contributed by atoms with Crippen molar-refractivity contribution in [3.05, 3.63) is 256 Å². The van der Waals surface area contributed by atoms with E-state index in [1.807, 2.05) is 11.3 Å². The molecule has 0 radical (unpaired) electrons. The number of allylic oxidation sites excluding steroid dienone is 4. The molecule has 2 nitrogen and oxygen atoms in total. The molecule has 3 heteroatoms. The smallest absolute Gasteiger partial charge is 0.137 e. The van der Waals surface area contributed by atoms with Crippen LogP contribution in [0.4, 0.5) is 11.4 Å². The molecule has 2 aliphatic carbocycles. The molecule has 2 aromatic heterocycles. The van der Waals surface area contributed by atoms with E-state index in [9.17, 15) is 0 Å². The number of hydrogen-bond acceptors (Lipinski definition) is 3. The van der Waals surface area contributed by atoms with E-state index in [-0.39, 0.29) is 5.92 Å². The molecule has 8 aromatic carbocycles. The maximum Gasteiger partial charge on any atom is 0.137 e. The van der Waals surface area contributed by atoms with Crippen molar-refractivity contribution in [1.82, 2.24) is 0 Å². The summed E-state index contributed by atoms with van der Waals surface area (Å²) in [6.07, 6.45) is 17.0. The fourth-order valence-corrected chi connectivity index (χ4v) is 11.4. The number of fused-ring (bicyclic) bond motifs is 7. The largest absolute Gasteiger partial charge is 0.456 e. The first kappa shape index (κ1) is 39.2. The van der Waals surface area contributed by atoms with Gasteiger partial charge in [-0.3, -0.25) is 0 Å². The summed E-state index contributed by atoms with van der Waals surface area (Å²) in [6, 6.07) is 66.7. The number of thiophene rings is 1. The third-order valence-corrected chi connectivity index (χ3v) is 14.5. The zero-order valence-electron chi connectivity index (χ0n) is 36.3. The van der Waals surface area contributed by atoms with E-state index in [1.165, 1.54) is 64.7 Å². The van der Waals surface area contributed by atoms with Crippen molar-refractivity contribution in [2.45, 2.75) is 38.0 Å². The van der Waals surface area contributed by atoms with Crippen LogP contribution in [-0.2, 0) is 0 Å². The van der Waals surface area contributed by atoms with Crippen LogP contribution in [0.5, 0.6) is 0 Å². The molecule has 2 atom stereocenters. The van der Waals surface area contributed by atoms with Gasteiger partial charge in [0, 0.05) is 42.9 Å². The van der Waals surface area contributed by atoms with Crippen molar-refractivity contribution in [3.8, 4) is 0 Å². The molecule has 0 saturated carbocycles. The van der Waals surface area contributed by atoms with Crippen LogP contribution in [0.1, 0.15) is 82.5 Å². The van der Waals surface area contributed by atoms with Crippen molar-refractivity contribution >= 4 is 82.5 Å². The Kier molecular flexibility index (Phi) is 9.99. The van der Waals surface area contributed by atoms with Crippen LogP contribution in [0.15, 0.2) is 216 Å². The minimum Gasteiger partial charge on any atom is -0.456 e. The molecule has 0 fully saturated rings. The third-order valence-electron chi connectivity index (χ3n) is 13.4. The minimum absolute atomic E-state index is 0.0513. The number of furan rings is 1. The Morgan fingerprint density at radius 2 is 1.32 bits per heavy atom. The first-order chi connectivity index (χ1) is 32.1. The van der Waals surface area contributed by atoms with Gasteiger partial charge in [0.1, 0.15) is 11.2 Å². The van der Waals surface area contributed by atoms with Gasteiger partial charge in [-0.2, -0.15) is 0 Å². The van der Waals surface area contributed by atoms with Crippen LogP contribution in [0.25, 0.3) is 59.8 Å². The van der Waals surface area contributed by atoms with Crippen LogP contribution in [-0.4, -0.2) is 0 Å². The summed E-state index contributed by atoms with van der Waals surface area (Å²) in [4.78, 5) is 2.45. The lowest BCUT2D eigenvalue weighted by atomic mass is 9.84. The number of rotatable bonds is 9. The van der Waals surface area contributed by atoms with E-state index in [2.05, 4.69) is 230 Å². The highest BCUT2D eigenvalue weighted by atomic mass is 32.1. The van der Waals surface area contributed by atoms with Crippen molar-refractivity contribution in [2.75, 3.05) is 4.90 Å². The van der Waals surface area contributed by atoms with E-state index in [0.29, 0.717) is 5.92 Å². The highest BCUT2D eigenvalue weighted by Gasteiger charge is 2.26. The van der Waals surface area contributed by atoms with Crippen LogP contribution < -0.4 is 4.90 Å². The Hall–Kier alpha value is -7.46. The molecular formula is C62H47NOS. The summed E-state index contributed by atoms with van der Waals surface area (Å²) in [6.45, 7) is 2.35. The highest BCUT2D eigenvalue weighted by molar-refractivity contribution is 7.25. The molecule has 2 unspecified atom stereocenters. The van der Waals surface area contributed by atoms with Gasteiger partial charge in [0.2, 0.25) is 0 Å². The molecule has 0 aliphatic heterocycles. The average Bonchev–Trinajstić information content (AvgIpc) is 3.91. The number of hydrogen-bond donors (Lipinski definition) is 0. The summed E-state index contributed by atoms with van der Waals surface area (Å²) in [5.74, 6) is 0.481. The maximum absolute atomic E-state index is 7.04. The molecule has 10 aromatic rings. The summed E-state index contributed by atoms with van der Waals surface area (Å²) in [5.41, 5.74) is 16.3. The van der Waals surface area contributed by atoms with E-state index in [1.54, 1.807) is 0 Å². The van der Waals surface area contributed by atoms with Crippen LogP contribution >= 0.6 is 11.3 Å². The minimum atomic E-state index is -0.0513. The van der Waals surface area contributed by atoms with E-state index in [0.717, 1.165) is 63.8 Å². The van der Waals surface area contributed by atoms with Crippen molar-refractivity contribution in [1.29, 1.82) is 0 Å². The molecule has 312 valence electrons. The zero-order chi connectivity index (χ0) is 43.3. The van der Waals surface area contributed by atoms with E-state index in [4.69, 9.17) is 4.42 Å². The van der Waals surface area contributed by atoms with Gasteiger partial charge in [-0.25, -0.2) is 0 Å². The van der Waals surface area contributed by atoms with Gasteiger partial charge in [0.25, 0.3) is 0 Å². The number of anilines is 2. The Morgan fingerprint density at radius 1 is 0.600 bits per heavy atom. The highest BCUT2D eigenvalue weighted by Crippen LogP contribution is 2.47. The normalized spacial score (nSPS) is 15.0. The summed E-state index contributed by atoms with van der Waals surface area (Å²) < 4.78 is 9.72. The molecule has 0 saturated heterocycles. The van der Waals surface area contributed by atoms with Crippen LogP contribution in [0.2, 0.25) is 0 Å². The fraction of sp³-hybridized carbons (Fsp3) is 0.0968. The monoisotopic (exact) mass is 853 g/mol. The molecule has 2 aliphatic rings. The first-order valence-electron chi connectivity index (χ1n) is 22.9. The van der Waals surface area contributed by atoms with Crippen LogP contribution in [0, 0.1) is 0 Å². The lowest BCUT2D eigenvalue weighted by Crippen LogP contribution is -2.17. The Labute approximate surface area is 384 Å². The molecule has 0 N–H and O–H groups in total. The summed E-state index contributed by atoms with van der Waals surface area (Å²) in [7, 11) is 0. The predicted octanol–water partition coefficient (Wildman–Crippen LogP) is 17.6. The third kappa shape index (κ3) is 7.23. The average molecular weight is 854 g/mol. The van der Waals surface area contributed by atoms with E-state index < -0.39 is 0 Å². The van der Waals surface area contributed by atoms with Gasteiger partial charge in [0.05, 0.1) is 11.1 Å². The molecule has 12 rings (SSSR count). The van der Waals surface area contributed by atoms with Gasteiger partial charge in [-0.1, -0.05) is 159 Å². The van der Waals surface area contributed by atoms with Gasteiger partial charge < -0.3 is 9.32 Å². The van der Waals surface area contributed by atoms with Gasteiger partial charge >= 0.3 is 0 Å². The molecule has 0 bridgehead atoms. The second-order valence-corrected chi connectivity index (χ2v) is 18.6. The second kappa shape index (κ2) is 16.6. The molecule has 0 spiro atoms. The number of para-hydroxylation sites is 1. The summed E-state index contributed by atoms with van der Waals surface area (Å²) >= 11 is 1.92. The van der Waals surface area contributed by atoms with E-state index >= 15 is 0 Å². The standard InChI is InChI=1S/C62H47NOS/c1-41-18-17-25-46-36-54-51-32-31-47(39-59(51)65-60(54)40-52(41)46)61(45-23-11-4-12-24-45)48-37-56(63(49-26-13-5-14-27-49)50-28-15-6-16-29-50)62-55-35-42(30-33-57(55)64-58(62)38-48)34-53(43-19-7-2-8-20-43)44-21-9-3-10-22-44/h2-5,7-15,17,19-41,61H,6,16,18H2,1H3. The predicted molar refractivity (Wildman–Crippen MR) is 277 cm³/mol. The molecule has 65 heavy (non-hydrogen) atoms. The Bertz CT molecular complexity index is 3480. The van der Waals surface area contributed by atoms with Crippen LogP contribution in [0.3, 0.4) is 0 Å². The quantitative estimate of drug-likeness (QED) is 0.106. The zero-order valence-corrected chi connectivity index (χ0v) is 37.1. The van der Waals surface area contributed by atoms with Crippen molar-refractivity contribution < 1.29 is 4.42 Å². The lowest BCUT2D eigenvalue weighted by Gasteiger charge is -2.30. The van der Waals surface area contributed by atoms with Gasteiger partial charge in [0.15, 0.2) is 0 Å². The van der Waals surface area contributed by atoms with Gasteiger partial charge in [-0.15, -0.1) is 11.3 Å². The SMILES string of the molecule is CC1CC=Cc2cc3c(cc21)sc1cc(C(c2ccccc2)c2cc(N(C4=CCCC=C4)c4ccccc4)c4c(c2)oc2ccc(C=C(c5ccccc5)c5ccccc5)cc24)ccc13. The first-order valence-corrected chi connectivity index (χ1v) is 23.7. The molecular weight excluding hydrogens is 807 g/mol. The summed E-state index contributed by atoms with van der Waals surface area (Å²) in [5, 5.41) is 4.86. The second-order valence-electron chi connectivity index (χ2n) is 17.6. The Morgan fingerprint density at radius 3 is 2.06 bits per heavy atom. The number of nitrogens with zero attached hydrogens (tertiary/aromatic N) is 1. The topological polar surface area (TPSA) is 16.4 Å². The fourth-order valence-electron chi connectivity index (χ4n) is 10.2. The number of benzene rings is 8. The van der Waals surface area contributed by atoms with Crippen molar-refractivity contribution in [3.63, 3.8) is 0 Å². The lowest BCUT2D eigenvalue weighted by molar-refractivity contribution is 0.668. The van der Waals surface area contributed by atoms with Gasteiger partial charge in [-0.05, 0) is 142 Å². The maximum atomic E-state index is 7.04. The molecule has 2 heterocycles. The van der Waals surface area contributed by atoms with Crippen molar-refractivity contribution in [2.24, 2.45) is 0 Å². The Balaban J connectivity index is 1.09. The molecule has 0 amide bonds.